The molecule has 0 spiro atoms. The maximum atomic E-state index is 12.7. The highest BCUT2D eigenvalue weighted by Gasteiger charge is 2.09. The van der Waals surface area contributed by atoms with Crippen molar-refractivity contribution in [3.63, 3.8) is 0 Å². The summed E-state index contributed by atoms with van der Waals surface area (Å²) in [5.41, 5.74) is -0.237. The SMILES string of the molecule is O=C(O)NCC(=CF)Cn1ncn(CCc2cccs2)c1=O. The molecule has 0 aliphatic carbocycles. The highest BCUT2D eigenvalue weighted by atomic mass is 32.1. The molecule has 0 atom stereocenters. The average molecular weight is 326 g/mol. The zero-order valence-corrected chi connectivity index (χ0v) is 12.4. The van der Waals surface area contributed by atoms with E-state index in [0.29, 0.717) is 6.54 Å². The number of nitrogens with zero attached hydrogens (tertiary/aromatic N) is 3. The number of halogens is 1. The van der Waals surface area contributed by atoms with Crippen molar-refractivity contribution in [3.05, 3.63) is 51.1 Å². The quantitative estimate of drug-likeness (QED) is 0.806. The second-order valence-corrected chi connectivity index (χ2v) is 5.55. The fraction of sp³-hybridized carbons (Fsp3) is 0.308. The molecule has 7 nitrogen and oxygen atoms in total. The van der Waals surface area contributed by atoms with Gasteiger partial charge in [-0.1, -0.05) is 6.07 Å². The molecule has 2 aromatic rings. The van der Waals surface area contributed by atoms with Crippen LogP contribution in [0.25, 0.3) is 0 Å². The third-order valence-electron chi connectivity index (χ3n) is 2.95. The van der Waals surface area contributed by atoms with E-state index in [9.17, 15) is 14.0 Å². The Labute approximate surface area is 129 Å². The highest BCUT2D eigenvalue weighted by molar-refractivity contribution is 7.09. The second kappa shape index (κ2) is 7.55. The third kappa shape index (κ3) is 4.29. The topological polar surface area (TPSA) is 89.2 Å². The zero-order chi connectivity index (χ0) is 15.9. The van der Waals surface area contributed by atoms with Crippen molar-refractivity contribution in [1.29, 1.82) is 0 Å². The van der Waals surface area contributed by atoms with E-state index in [4.69, 9.17) is 5.11 Å². The van der Waals surface area contributed by atoms with E-state index in [-0.39, 0.29) is 30.7 Å². The first-order valence-corrected chi connectivity index (χ1v) is 7.37. The predicted octanol–water partition coefficient (Wildman–Crippen LogP) is 1.47. The second-order valence-electron chi connectivity index (χ2n) is 4.52. The lowest BCUT2D eigenvalue weighted by molar-refractivity contribution is 0.195. The average Bonchev–Trinajstić information content (AvgIpc) is 3.12. The Morgan fingerprint density at radius 2 is 2.36 bits per heavy atom. The predicted molar refractivity (Wildman–Crippen MR) is 79.7 cm³/mol. The summed E-state index contributed by atoms with van der Waals surface area (Å²) < 4.78 is 15.3. The molecule has 0 aromatic carbocycles. The summed E-state index contributed by atoms with van der Waals surface area (Å²) in [4.78, 5) is 23.7. The number of carbonyl (C=O) groups is 1. The van der Waals surface area contributed by atoms with Gasteiger partial charge in [0.1, 0.15) is 6.33 Å². The van der Waals surface area contributed by atoms with E-state index in [0.717, 1.165) is 16.0 Å². The number of hydrogen-bond donors (Lipinski definition) is 2. The monoisotopic (exact) mass is 326 g/mol. The molecule has 0 bridgehead atoms. The zero-order valence-electron chi connectivity index (χ0n) is 11.6. The Morgan fingerprint density at radius 3 is 3.00 bits per heavy atom. The van der Waals surface area contributed by atoms with Gasteiger partial charge in [0.15, 0.2) is 0 Å². The summed E-state index contributed by atoms with van der Waals surface area (Å²) in [5.74, 6) is 0. The van der Waals surface area contributed by atoms with Gasteiger partial charge in [-0.3, -0.25) is 4.57 Å². The molecule has 1 amide bonds. The van der Waals surface area contributed by atoms with Gasteiger partial charge in [-0.2, -0.15) is 5.10 Å². The molecule has 118 valence electrons. The number of hydrogen-bond acceptors (Lipinski definition) is 4. The van der Waals surface area contributed by atoms with Crippen molar-refractivity contribution in [1.82, 2.24) is 19.7 Å². The molecule has 2 N–H and O–H groups in total. The lowest BCUT2D eigenvalue weighted by Gasteiger charge is -2.05. The number of carboxylic acid groups (broad SMARTS) is 1. The van der Waals surface area contributed by atoms with Gasteiger partial charge in [0.25, 0.3) is 0 Å². The molecule has 9 heteroatoms. The number of aryl methyl sites for hydroxylation is 2. The molecule has 22 heavy (non-hydrogen) atoms. The van der Waals surface area contributed by atoms with Gasteiger partial charge in [0, 0.05) is 18.0 Å². The Balaban J connectivity index is 1.97. The van der Waals surface area contributed by atoms with Crippen LogP contribution < -0.4 is 11.0 Å². The smallest absolute Gasteiger partial charge is 0.404 e. The van der Waals surface area contributed by atoms with Crippen LogP contribution in [-0.2, 0) is 19.5 Å². The number of amides is 1. The first-order valence-electron chi connectivity index (χ1n) is 6.49. The van der Waals surface area contributed by atoms with Crippen LogP contribution in [0.15, 0.2) is 40.5 Å². The Kier molecular flexibility index (Phi) is 5.48. The molecule has 0 saturated carbocycles. The van der Waals surface area contributed by atoms with Gasteiger partial charge >= 0.3 is 11.8 Å². The van der Waals surface area contributed by atoms with Gasteiger partial charge < -0.3 is 10.4 Å². The van der Waals surface area contributed by atoms with E-state index >= 15 is 0 Å². The van der Waals surface area contributed by atoms with Gasteiger partial charge in [-0.25, -0.2) is 18.7 Å². The summed E-state index contributed by atoms with van der Waals surface area (Å²) in [6.07, 6.45) is 1.15. The number of rotatable bonds is 7. The van der Waals surface area contributed by atoms with E-state index < -0.39 is 6.09 Å². The first kappa shape index (κ1) is 16.0. The molecule has 2 heterocycles. The van der Waals surface area contributed by atoms with Crippen molar-refractivity contribution in [2.75, 3.05) is 6.54 Å². The number of nitrogens with one attached hydrogen (secondary N) is 1. The fourth-order valence-electron chi connectivity index (χ4n) is 1.83. The van der Waals surface area contributed by atoms with Crippen molar-refractivity contribution < 1.29 is 14.3 Å². The first-order chi connectivity index (χ1) is 10.6. The van der Waals surface area contributed by atoms with Crippen LogP contribution in [0.1, 0.15) is 4.88 Å². The summed E-state index contributed by atoms with van der Waals surface area (Å²) in [6.45, 7) is 0.198. The summed E-state index contributed by atoms with van der Waals surface area (Å²) in [7, 11) is 0. The van der Waals surface area contributed by atoms with Crippen LogP contribution in [0.2, 0.25) is 0 Å². The van der Waals surface area contributed by atoms with E-state index in [2.05, 4.69) is 5.10 Å². The minimum atomic E-state index is -1.26. The normalized spacial score (nSPS) is 11.6. The molecule has 0 radical (unpaired) electrons. The van der Waals surface area contributed by atoms with Gasteiger partial charge in [0.2, 0.25) is 0 Å². The van der Waals surface area contributed by atoms with E-state index in [1.54, 1.807) is 11.3 Å². The maximum absolute atomic E-state index is 12.7. The van der Waals surface area contributed by atoms with Gasteiger partial charge in [0.05, 0.1) is 12.9 Å². The molecule has 2 aromatic heterocycles. The van der Waals surface area contributed by atoms with Crippen molar-refractivity contribution in [2.45, 2.75) is 19.5 Å². The Hall–Kier alpha value is -2.42. The fourth-order valence-corrected chi connectivity index (χ4v) is 2.53. The van der Waals surface area contributed by atoms with Gasteiger partial charge in [-0.05, 0) is 23.4 Å². The van der Waals surface area contributed by atoms with Crippen LogP contribution in [-0.4, -0.2) is 32.1 Å². The minimum absolute atomic E-state index is 0.0956. The summed E-state index contributed by atoms with van der Waals surface area (Å²) in [5, 5.41) is 16.4. The summed E-state index contributed by atoms with van der Waals surface area (Å²) in [6, 6.07) is 3.93. The Morgan fingerprint density at radius 1 is 1.55 bits per heavy atom. The minimum Gasteiger partial charge on any atom is -0.465 e. The molecule has 0 fully saturated rings. The molecule has 0 unspecified atom stereocenters. The molecule has 0 aliphatic heterocycles. The third-order valence-corrected chi connectivity index (χ3v) is 3.89. The summed E-state index contributed by atoms with van der Waals surface area (Å²) >= 11 is 1.61. The molecular weight excluding hydrogens is 311 g/mol. The van der Waals surface area contributed by atoms with Crippen molar-refractivity contribution in [2.24, 2.45) is 0 Å². The van der Waals surface area contributed by atoms with E-state index in [1.165, 1.54) is 10.9 Å². The maximum Gasteiger partial charge on any atom is 0.404 e. The van der Waals surface area contributed by atoms with Crippen LogP contribution in [0.3, 0.4) is 0 Å². The molecule has 0 saturated heterocycles. The van der Waals surface area contributed by atoms with Crippen LogP contribution in [0.4, 0.5) is 9.18 Å². The lowest BCUT2D eigenvalue weighted by Crippen LogP contribution is -2.29. The van der Waals surface area contributed by atoms with E-state index in [1.807, 2.05) is 22.8 Å². The van der Waals surface area contributed by atoms with Crippen molar-refractivity contribution >= 4 is 17.4 Å². The standard InChI is InChI=1S/C13H15FN4O3S/c14-6-10(7-15-12(19)20)8-18-13(21)17(9-16-18)4-3-11-2-1-5-22-11/h1-2,5-6,9,15H,3-4,7-8H2,(H,19,20). The van der Waals surface area contributed by atoms with Crippen LogP contribution in [0.5, 0.6) is 0 Å². The van der Waals surface area contributed by atoms with Crippen molar-refractivity contribution in [3.8, 4) is 0 Å². The molecule has 0 aliphatic rings. The lowest BCUT2D eigenvalue weighted by atomic mass is 10.3. The van der Waals surface area contributed by atoms with Gasteiger partial charge in [-0.15, -0.1) is 11.3 Å². The highest BCUT2D eigenvalue weighted by Crippen LogP contribution is 2.09. The number of thiophene rings is 1. The molecule has 2 rings (SSSR count). The van der Waals surface area contributed by atoms with Crippen LogP contribution >= 0.6 is 11.3 Å². The molecular formula is C13H15FN4O3S. The largest absolute Gasteiger partial charge is 0.465 e. The van der Waals surface area contributed by atoms with Crippen LogP contribution in [0, 0.1) is 0 Å². The number of aromatic nitrogens is 3. The Bertz CT molecular complexity index is 705.